The number of carbonyl (C=O) groups is 2. The van der Waals surface area contributed by atoms with E-state index < -0.39 is 0 Å². The topological polar surface area (TPSA) is 70.7 Å². The predicted octanol–water partition coefficient (Wildman–Crippen LogP) is 1.04. The van der Waals surface area contributed by atoms with Crippen LogP contribution in [0.25, 0.3) is 0 Å². The first-order chi connectivity index (χ1) is 12.1. The van der Waals surface area contributed by atoms with Gasteiger partial charge in [-0.25, -0.2) is 0 Å². The van der Waals surface area contributed by atoms with E-state index in [2.05, 4.69) is 15.5 Å². The van der Waals surface area contributed by atoms with Crippen LogP contribution < -0.4 is 10.6 Å². The molecule has 1 saturated carbocycles. The Hall–Kier alpha value is -1.63. The Kier molecular flexibility index (Phi) is 6.29. The molecule has 1 aromatic rings. The number of benzene rings is 1. The van der Waals surface area contributed by atoms with Gasteiger partial charge in [-0.15, -0.1) is 0 Å². The molecule has 0 radical (unpaired) electrons. The molecule has 1 aromatic carbocycles. The van der Waals surface area contributed by atoms with E-state index in [9.17, 15) is 9.59 Å². The molecule has 7 heteroatoms. The summed E-state index contributed by atoms with van der Waals surface area (Å²) in [6.45, 7) is 5.24. The third-order valence-corrected chi connectivity index (χ3v) is 4.93. The van der Waals surface area contributed by atoms with Crippen molar-refractivity contribution in [2.45, 2.75) is 13.0 Å². The maximum Gasteiger partial charge on any atom is 0.224 e. The van der Waals surface area contributed by atoms with Crippen LogP contribution in [0.3, 0.4) is 0 Å². The zero-order chi connectivity index (χ0) is 17.6. The second kappa shape index (κ2) is 8.65. The fraction of sp³-hybridized carbons (Fsp3) is 0.556. The van der Waals surface area contributed by atoms with E-state index in [0.29, 0.717) is 24.5 Å². The third-order valence-electron chi connectivity index (χ3n) is 4.67. The summed E-state index contributed by atoms with van der Waals surface area (Å²) >= 11 is 5.84. The van der Waals surface area contributed by atoms with Crippen LogP contribution in [0.4, 0.5) is 0 Å². The first-order valence-electron chi connectivity index (χ1n) is 8.73. The maximum atomic E-state index is 12.1. The van der Waals surface area contributed by atoms with Crippen molar-refractivity contribution in [3.63, 3.8) is 0 Å². The number of rotatable bonds is 7. The van der Waals surface area contributed by atoms with Gasteiger partial charge in [-0.05, 0) is 24.1 Å². The Labute approximate surface area is 152 Å². The predicted molar refractivity (Wildman–Crippen MR) is 95.2 cm³/mol. The summed E-state index contributed by atoms with van der Waals surface area (Å²) < 4.78 is 5.30. The van der Waals surface area contributed by atoms with E-state index in [1.807, 2.05) is 12.1 Å². The molecule has 2 unspecified atom stereocenters. The van der Waals surface area contributed by atoms with Crippen molar-refractivity contribution >= 4 is 23.4 Å². The molecule has 0 aromatic heterocycles. The van der Waals surface area contributed by atoms with Crippen LogP contribution in [0.15, 0.2) is 24.3 Å². The largest absolute Gasteiger partial charge is 0.379 e. The summed E-state index contributed by atoms with van der Waals surface area (Å²) in [6.07, 6.45) is 0.635. The van der Waals surface area contributed by atoms with Crippen molar-refractivity contribution in [3.8, 4) is 0 Å². The molecule has 2 fully saturated rings. The highest BCUT2D eigenvalue weighted by Gasteiger charge is 2.47. The average molecular weight is 366 g/mol. The third kappa shape index (κ3) is 5.42. The molecule has 0 bridgehead atoms. The van der Waals surface area contributed by atoms with Crippen LogP contribution in [-0.2, 0) is 20.9 Å². The normalized spacial score (nSPS) is 23.1. The van der Waals surface area contributed by atoms with E-state index in [4.69, 9.17) is 16.3 Å². The lowest BCUT2D eigenvalue weighted by atomic mass is 10.2. The van der Waals surface area contributed by atoms with Crippen molar-refractivity contribution in [1.29, 1.82) is 0 Å². The molecule has 136 valence electrons. The molecule has 2 N–H and O–H groups in total. The summed E-state index contributed by atoms with van der Waals surface area (Å²) in [6, 6.07) is 7.35. The van der Waals surface area contributed by atoms with Crippen LogP contribution in [-0.4, -0.2) is 56.1 Å². The second-order valence-corrected chi connectivity index (χ2v) is 6.97. The highest BCUT2D eigenvalue weighted by Crippen LogP contribution is 2.38. The van der Waals surface area contributed by atoms with Gasteiger partial charge in [0.25, 0.3) is 0 Å². The number of amides is 2. The smallest absolute Gasteiger partial charge is 0.224 e. The van der Waals surface area contributed by atoms with Crippen LogP contribution in [0.1, 0.15) is 12.0 Å². The van der Waals surface area contributed by atoms with E-state index in [0.717, 1.165) is 38.4 Å². The van der Waals surface area contributed by atoms with Gasteiger partial charge >= 0.3 is 0 Å². The Morgan fingerprint density at radius 2 is 1.72 bits per heavy atom. The van der Waals surface area contributed by atoms with E-state index in [1.165, 1.54) is 0 Å². The Balaban J connectivity index is 1.32. The molecule has 2 atom stereocenters. The first kappa shape index (κ1) is 18.2. The SMILES string of the molecule is O=C(NCCN1CCOCC1)C1CC1C(=O)NCc1ccc(Cl)cc1. The number of carbonyl (C=O) groups excluding carboxylic acids is 2. The molecule has 2 aliphatic rings. The molecular formula is C18H24ClN3O3. The fourth-order valence-electron chi connectivity index (χ4n) is 2.99. The van der Waals surface area contributed by atoms with Gasteiger partial charge in [0.05, 0.1) is 25.0 Å². The molecule has 25 heavy (non-hydrogen) atoms. The molecule has 1 saturated heterocycles. The molecule has 1 aliphatic carbocycles. The number of nitrogens with one attached hydrogen (secondary N) is 2. The number of hydrogen-bond acceptors (Lipinski definition) is 4. The maximum absolute atomic E-state index is 12.1. The summed E-state index contributed by atoms with van der Waals surface area (Å²) in [5, 5.41) is 6.50. The first-order valence-corrected chi connectivity index (χ1v) is 9.11. The summed E-state index contributed by atoms with van der Waals surface area (Å²) in [4.78, 5) is 26.5. The second-order valence-electron chi connectivity index (χ2n) is 6.54. The van der Waals surface area contributed by atoms with E-state index >= 15 is 0 Å². The molecule has 0 spiro atoms. The number of halogens is 1. The highest BCUT2D eigenvalue weighted by atomic mass is 35.5. The molecule has 1 aliphatic heterocycles. The minimum Gasteiger partial charge on any atom is -0.379 e. The lowest BCUT2D eigenvalue weighted by Gasteiger charge is -2.26. The molecule has 3 rings (SSSR count). The molecule has 1 heterocycles. The van der Waals surface area contributed by atoms with Crippen molar-refractivity contribution in [2.75, 3.05) is 39.4 Å². The van der Waals surface area contributed by atoms with Gasteiger partial charge in [-0.1, -0.05) is 23.7 Å². The van der Waals surface area contributed by atoms with E-state index in [-0.39, 0.29) is 23.7 Å². The zero-order valence-corrected chi connectivity index (χ0v) is 14.9. The lowest BCUT2D eigenvalue weighted by molar-refractivity contribution is -0.127. The van der Waals surface area contributed by atoms with E-state index in [1.54, 1.807) is 12.1 Å². The number of morpholine rings is 1. The Morgan fingerprint density at radius 1 is 1.08 bits per heavy atom. The van der Waals surface area contributed by atoms with Crippen molar-refractivity contribution in [3.05, 3.63) is 34.9 Å². The van der Waals surface area contributed by atoms with Gasteiger partial charge in [0.2, 0.25) is 11.8 Å². The van der Waals surface area contributed by atoms with Crippen LogP contribution in [0.5, 0.6) is 0 Å². The Bertz CT molecular complexity index is 602. The minimum absolute atomic E-state index is 0.0140. The van der Waals surface area contributed by atoms with Gasteiger partial charge in [-0.3, -0.25) is 14.5 Å². The zero-order valence-electron chi connectivity index (χ0n) is 14.2. The van der Waals surface area contributed by atoms with Crippen molar-refractivity contribution in [2.24, 2.45) is 11.8 Å². The van der Waals surface area contributed by atoms with Gasteiger partial charge in [0.15, 0.2) is 0 Å². The quantitative estimate of drug-likeness (QED) is 0.757. The number of ether oxygens (including phenoxy) is 1. The van der Waals surface area contributed by atoms with Gasteiger partial charge in [0, 0.05) is 37.7 Å². The monoisotopic (exact) mass is 365 g/mol. The number of hydrogen-bond donors (Lipinski definition) is 2. The number of nitrogens with zero attached hydrogens (tertiary/aromatic N) is 1. The van der Waals surface area contributed by atoms with Gasteiger partial charge in [0.1, 0.15) is 0 Å². The Morgan fingerprint density at radius 3 is 2.40 bits per heavy atom. The average Bonchev–Trinajstić information content (AvgIpc) is 3.43. The molecule has 2 amide bonds. The van der Waals surface area contributed by atoms with Crippen LogP contribution >= 0.6 is 11.6 Å². The molecular weight excluding hydrogens is 342 g/mol. The summed E-state index contributed by atoms with van der Waals surface area (Å²) in [7, 11) is 0. The fourth-order valence-corrected chi connectivity index (χ4v) is 3.12. The standard InChI is InChI=1S/C18H24ClN3O3/c19-14-3-1-13(2-4-14)12-21-18(24)16-11-15(16)17(23)20-5-6-22-7-9-25-10-8-22/h1-4,15-16H,5-12H2,(H,20,23)(H,21,24). The minimum atomic E-state index is -0.198. The van der Waals surface area contributed by atoms with Crippen molar-refractivity contribution in [1.82, 2.24) is 15.5 Å². The lowest BCUT2D eigenvalue weighted by Crippen LogP contribution is -2.41. The van der Waals surface area contributed by atoms with Crippen molar-refractivity contribution < 1.29 is 14.3 Å². The van der Waals surface area contributed by atoms with Crippen LogP contribution in [0, 0.1) is 11.8 Å². The summed E-state index contributed by atoms with van der Waals surface area (Å²) in [5.74, 6) is -0.450. The van der Waals surface area contributed by atoms with Gasteiger partial charge < -0.3 is 15.4 Å². The molecule has 6 nitrogen and oxygen atoms in total. The van der Waals surface area contributed by atoms with Crippen LogP contribution in [0.2, 0.25) is 5.02 Å². The highest BCUT2D eigenvalue weighted by molar-refractivity contribution is 6.30. The van der Waals surface area contributed by atoms with Gasteiger partial charge in [-0.2, -0.15) is 0 Å². The summed E-state index contributed by atoms with van der Waals surface area (Å²) in [5.41, 5.74) is 0.991.